The predicted molar refractivity (Wildman–Crippen MR) is 79.0 cm³/mol. The summed E-state index contributed by atoms with van der Waals surface area (Å²) in [4.78, 5) is 34.3. The van der Waals surface area contributed by atoms with E-state index in [0.717, 1.165) is 6.42 Å². The van der Waals surface area contributed by atoms with E-state index >= 15 is 0 Å². The molecule has 1 aliphatic carbocycles. The molecule has 2 amide bonds. The molecule has 2 aliphatic rings. The van der Waals surface area contributed by atoms with Gasteiger partial charge in [-0.25, -0.2) is 9.78 Å². The largest absolute Gasteiger partial charge is 0.444 e. The molecule has 1 saturated heterocycles. The lowest BCUT2D eigenvalue weighted by Gasteiger charge is -2.29. The lowest BCUT2D eigenvalue weighted by Crippen LogP contribution is -2.47. The van der Waals surface area contributed by atoms with Crippen molar-refractivity contribution in [3.05, 3.63) is 18.6 Å². The lowest BCUT2D eigenvalue weighted by atomic mass is 10.1. The summed E-state index contributed by atoms with van der Waals surface area (Å²) in [5, 5.41) is 2.71. The van der Waals surface area contributed by atoms with Gasteiger partial charge < -0.3 is 10.1 Å². The van der Waals surface area contributed by atoms with Crippen molar-refractivity contribution in [3.63, 3.8) is 0 Å². The normalized spacial score (nSPS) is 26.3. The quantitative estimate of drug-likeness (QED) is 0.900. The first-order chi connectivity index (χ1) is 10.3. The highest BCUT2D eigenvalue weighted by molar-refractivity contribution is 5.96. The summed E-state index contributed by atoms with van der Waals surface area (Å²) in [6, 6.07) is -0.368. The topological polar surface area (TPSA) is 84.4 Å². The summed E-state index contributed by atoms with van der Waals surface area (Å²) in [5.74, 6) is 0.556. The Morgan fingerprint density at radius 2 is 2.09 bits per heavy atom. The second-order valence-corrected chi connectivity index (χ2v) is 6.78. The number of piperidine rings is 1. The number of nitrogens with zero attached hydrogens (tertiary/aromatic N) is 3. The van der Waals surface area contributed by atoms with Crippen molar-refractivity contribution < 1.29 is 14.3 Å². The van der Waals surface area contributed by atoms with Crippen LogP contribution in [0.2, 0.25) is 0 Å². The molecule has 3 rings (SSSR count). The Labute approximate surface area is 129 Å². The number of anilines is 1. The fraction of sp³-hybridized carbons (Fsp3) is 0.600. The molecule has 7 nitrogen and oxygen atoms in total. The van der Waals surface area contributed by atoms with Crippen molar-refractivity contribution in [3.8, 4) is 0 Å². The molecule has 3 atom stereocenters. The summed E-state index contributed by atoms with van der Waals surface area (Å²) >= 11 is 0. The van der Waals surface area contributed by atoms with Gasteiger partial charge in [-0.2, -0.15) is 0 Å². The standard InChI is InChI=1S/C15H20N4O3/c1-15(2,3)22-14(21)19-10-6-9(10)7-11(19)13(20)18-12-8-16-4-5-17-12/h4-5,8-11H,6-7H2,1-3H3,(H,17,18,20)/t9-,10-,11-/m0/s1. The predicted octanol–water partition coefficient (Wildman–Crippen LogP) is 1.81. The van der Waals surface area contributed by atoms with Crippen LogP contribution in [0.25, 0.3) is 0 Å². The molecule has 22 heavy (non-hydrogen) atoms. The van der Waals surface area contributed by atoms with Gasteiger partial charge in [0.15, 0.2) is 5.82 Å². The summed E-state index contributed by atoms with van der Waals surface area (Å²) in [5.41, 5.74) is -0.573. The van der Waals surface area contributed by atoms with Gasteiger partial charge in [0, 0.05) is 18.4 Å². The van der Waals surface area contributed by atoms with E-state index in [0.29, 0.717) is 18.2 Å². The van der Waals surface area contributed by atoms with Crippen molar-refractivity contribution in [1.82, 2.24) is 14.9 Å². The van der Waals surface area contributed by atoms with E-state index in [1.54, 1.807) is 4.90 Å². The van der Waals surface area contributed by atoms with Crippen LogP contribution in [-0.4, -0.2) is 44.6 Å². The number of carbonyl (C=O) groups excluding carboxylic acids is 2. The molecule has 2 fully saturated rings. The summed E-state index contributed by atoms with van der Waals surface area (Å²) < 4.78 is 5.43. The minimum absolute atomic E-state index is 0.132. The Balaban J connectivity index is 1.70. The fourth-order valence-corrected chi connectivity index (χ4v) is 2.84. The zero-order valence-electron chi connectivity index (χ0n) is 12.9. The van der Waals surface area contributed by atoms with E-state index in [1.165, 1.54) is 18.6 Å². The van der Waals surface area contributed by atoms with E-state index < -0.39 is 17.7 Å². The molecule has 1 aliphatic heterocycles. The Morgan fingerprint density at radius 1 is 1.32 bits per heavy atom. The maximum Gasteiger partial charge on any atom is 0.411 e. The first-order valence-corrected chi connectivity index (χ1v) is 7.43. The van der Waals surface area contributed by atoms with Gasteiger partial charge in [-0.1, -0.05) is 0 Å². The van der Waals surface area contributed by atoms with Crippen molar-refractivity contribution in [1.29, 1.82) is 0 Å². The molecule has 0 spiro atoms. The lowest BCUT2D eigenvalue weighted by molar-refractivity contribution is -0.121. The van der Waals surface area contributed by atoms with Gasteiger partial charge in [0.1, 0.15) is 11.6 Å². The monoisotopic (exact) mass is 304 g/mol. The Morgan fingerprint density at radius 3 is 2.73 bits per heavy atom. The highest BCUT2D eigenvalue weighted by Crippen LogP contribution is 2.48. The second kappa shape index (κ2) is 5.23. The summed E-state index contributed by atoms with van der Waals surface area (Å²) in [6.45, 7) is 5.46. The molecule has 1 saturated carbocycles. The van der Waals surface area contributed by atoms with Gasteiger partial charge in [0.05, 0.1) is 6.20 Å². The van der Waals surface area contributed by atoms with E-state index in [9.17, 15) is 9.59 Å². The first kappa shape index (κ1) is 14.7. The van der Waals surface area contributed by atoms with Crippen LogP contribution in [0.4, 0.5) is 10.6 Å². The third kappa shape index (κ3) is 3.03. The Hall–Kier alpha value is -2.18. The van der Waals surface area contributed by atoms with Gasteiger partial charge >= 0.3 is 6.09 Å². The number of nitrogens with one attached hydrogen (secondary N) is 1. The Kier molecular flexibility index (Phi) is 3.50. The average molecular weight is 304 g/mol. The van der Waals surface area contributed by atoms with Gasteiger partial charge in [0.2, 0.25) is 5.91 Å². The molecule has 1 aromatic heterocycles. The SMILES string of the molecule is CC(C)(C)OC(=O)N1[C@H](C(=O)Nc2cnccn2)C[C@@H]2C[C@@H]21. The maximum atomic E-state index is 12.4. The number of amides is 2. The van der Waals surface area contributed by atoms with Crippen LogP contribution in [0, 0.1) is 5.92 Å². The molecule has 118 valence electrons. The molecular weight excluding hydrogens is 284 g/mol. The first-order valence-electron chi connectivity index (χ1n) is 7.43. The molecule has 1 N–H and O–H groups in total. The van der Waals surface area contributed by atoms with Gasteiger partial charge in [-0.3, -0.25) is 14.7 Å². The average Bonchev–Trinajstić information content (AvgIpc) is 3.08. The third-order valence-corrected chi connectivity index (χ3v) is 3.83. The molecular formula is C15H20N4O3. The van der Waals surface area contributed by atoms with Crippen LogP contribution in [0.15, 0.2) is 18.6 Å². The number of carbonyl (C=O) groups is 2. The summed E-state index contributed by atoms with van der Waals surface area (Å²) in [7, 11) is 0. The van der Waals surface area contributed by atoms with Crippen molar-refractivity contribution in [2.75, 3.05) is 5.32 Å². The number of likely N-dealkylation sites (tertiary alicyclic amines) is 1. The number of fused-ring (bicyclic) bond motifs is 1. The number of hydrogen-bond acceptors (Lipinski definition) is 5. The minimum atomic E-state index is -0.573. The fourth-order valence-electron chi connectivity index (χ4n) is 2.84. The van der Waals surface area contributed by atoms with E-state index in [1.807, 2.05) is 20.8 Å². The zero-order chi connectivity index (χ0) is 15.9. The van der Waals surface area contributed by atoms with Gasteiger partial charge in [-0.15, -0.1) is 0 Å². The molecule has 0 radical (unpaired) electrons. The molecule has 2 heterocycles. The van der Waals surface area contributed by atoms with Crippen LogP contribution in [-0.2, 0) is 9.53 Å². The number of rotatable bonds is 2. The molecule has 1 aromatic rings. The van der Waals surface area contributed by atoms with Gasteiger partial charge in [0.25, 0.3) is 0 Å². The van der Waals surface area contributed by atoms with Gasteiger partial charge in [-0.05, 0) is 39.5 Å². The smallest absolute Gasteiger partial charge is 0.411 e. The second-order valence-electron chi connectivity index (χ2n) is 6.78. The molecule has 0 unspecified atom stereocenters. The van der Waals surface area contributed by atoms with Crippen LogP contribution < -0.4 is 5.32 Å². The summed E-state index contributed by atoms with van der Waals surface area (Å²) in [6.07, 6.45) is 5.73. The number of aromatic nitrogens is 2. The third-order valence-electron chi connectivity index (χ3n) is 3.83. The van der Waals surface area contributed by atoms with Crippen molar-refractivity contribution in [2.45, 2.75) is 51.3 Å². The zero-order valence-corrected chi connectivity index (χ0v) is 12.9. The number of hydrogen-bond donors (Lipinski definition) is 1. The van der Waals surface area contributed by atoms with Crippen LogP contribution in [0.5, 0.6) is 0 Å². The minimum Gasteiger partial charge on any atom is -0.444 e. The molecule has 0 aromatic carbocycles. The molecule has 0 bridgehead atoms. The van der Waals surface area contributed by atoms with E-state index in [4.69, 9.17) is 4.74 Å². The highest BCUT2D eigenvalue weighted by Gasteiger charge is 2.57. The van der Waals surface area contributed by atoms with Crippen LogP contribution in [0.1, 0.15) is 33.6 Å². The van der Waals surface area contributed by atoms with Crippen LogP contribution in [0.3, 0.4) is 0 Å². The number of ether oxygens (including phenoxy) is 1. The van der Waals surface area contributed by atoms with E-state index in [-0.39, 0.29) is 11.9 Å². The molecule has 7 heteroatoms. The van der Waals surface area contributed by atoms with Crippen molar-refractivity contribution in [2.24, 2.45) is 5.92 Å². The van der Waals surface area contributed by atoms with Crippen molar-refractivity contribution >= 4 is 17.8 Å². The maximum absolute atomic E-state index is 12.4. The van der Waals surface area contributed by atoms with Crippen LogP contribution >= 0.6 is 0 Å². The van der Waals surface area contributed by atoms with E-state index in [2.05, 4.69) is 15.3 Å². The Bertz CT molecular complexity index is 584. The highest BCUT2D eigenvalue weighted by atomic mass is 16.6.